The van der Waals surface area contributed by atoms with Crippen LogP contribution in [0.15, 0.2) is 0 Å². The predicted octanol–water partition coefficient (Wildman–Crippen LogP) is 1.17. The van der Waals surface area contributed by atoms with Crippen LogP contribution in [0.1, 0.15) is 20.8 Å². The van der Waals surface area contributed by atoms with Crippen molar-refractivity contribution in [2.45, 2.75) is 26.9 Å². The average Bonchev–Trinajstić information content (AvgIpc) is 2.65. The first kappa shape index (κ1) is 31.4. The predicted molar refractivity (Wildman–Crippen MR) is 103 cm³/mol. The molecule has 0 aliphatic carbocycles. The lowest BCUT2D eigenvalue weighted by atomic mass is 10.5. The van der Waals surface area contributed by atoms with Crippen molar-refractivity contribution < 1.29 is 51.1 Å². The van der Waals surface area contributed by atoms with Gasteiger partial charge in [0.15, 0.2) is 0 Å². The molecule has 0 unspecified atom stereocenters. The number of amides is 1. The van der Waals surface area contributed by atoms with Crippen molar-refractivity contribution in [3.05, 3.63) is 0 Å². The van der Waals surface area contributed by atoms with Crippen LogP contribution >= 0.6 is 7.82 Å². The van der Waals surface area contributed by atoms with Gasteiger partial charge in [-0.15, -0.1) is 0 Å². The highest BCUT2D eigenvalue weighted by Gasteiger charge is 2.38. The molecule has 30 heavy (non-hydrogen) atoms. The van der Waals surface area contributed by atoms with E-state index in [0.29, 0.717) is 0 Å². The first-order chi connectivity index (χ1) is 14.0. The first-order valence-corrected chi connectivity index (χ1v) is 11.0. The van der Waals surface area contributed by atoms with Crippen LogP contribution in [0.2, 0.25) is 0 Å². The van der Waals surface area contributed by atoms with E-state index in [9.17, 15) is 22.5 Å². The summed E-state index contributed by atoms with van der Waals surface area (Å²) in [4.78, 5) is 29.5. The van der Waals surface area contributed by atoms with Crippen molar-refractivity contribution in [2.75, 3.05) is 72.4 Å². The number of phosphoric acid groups is 1. The maximum atomic E-state index is 11.8. The molecular formula is C16H34F3N2O8P. The number of carbonyl (C=O) groups excluding carboxylic acids is 1. The topological polar surface area (TPSA) is 127 Å². The van der Waals surface area contributed by atoms with E-state index in [2.05, 4.69) is 30.2 Å². The van der Waals surface area contributed by atoms with Crippen LogP contribution in [0.5, 0.6) is 0 Å². The van der Waals surface area contributed by atoms with Crippen LogP contribution in [-0.2, 0) is 28.1 Å². The smallest absolute Gasteiger partial charge is 0.377 e. The standard InChI is InChI=1S/C10H19F3NO8P.C6H15N/c11-10(12,13)9(15)14-1-2-19-3-4-20-5-6-21-7-8-22-23(16,17)18;1-4-7(5-2)6-3/h1-8H2,(H,14,15)(H2,16,17,18);4-6H2,1-3H3. The van der Waals surface area contributed by atoms with Gasteiger partial charge in [-0.1, -0.05) is 20.8 Å². The van der Waals surface area contributed by atoms with Gasteiger partial charge in [0.05, 0.1) is 46.2 Å². The zero-order valence-corrected chi connectivity index (χ0v) is 18.5. The molecule has 1 amide bonds. The van der Waals surface area contributed by atoms with Gasteiger partial charge < -0.3 is 34.2 Å². The van der Waals surface area contributed by atoms with Crippen LogP contribution in [-0.4, -0.2) is 99.2 Å². The lowest BCUT2D eigenvalue weighted by Crippen LogP contribution is -2.38. The molecule has 0 saturated heterocycles. The van der Waals surface area contributed by atoms with E-state index in [1.807, 2.05) is 0 Å². The molecule has 0 aromatic rings. The van der Waals surface area contributed by atoms with Crippen molar-refractivity contribution in [1.82, 2.24) is 10.2 Å². The molecule has 0 aromatic carbocycles. The molecule has 182 valence electrons. The number of halogens is 3. The molecule has 0 saturated carbocycles. The Bertz CT molecular complexity index is 457. The maximum Gasteiger partial charge on any atom is 0.471 e. The van der Waals surface area contributed by atoms with Gasteiger partial charge in [-0.05, 0) is 19.6 Å². The average molecular weight is 470 g/mol. The molecular weight excluding hydrogens is 436 g/mol. The zero-order valence-electron chi connectivity index (χ0n) is 17.7. The minimum Gasteiger partial charge on any atom is -0.377 e. The fraction of sp³-hybridized carbons (Fsp3) is 0.938. The second-order valence-electron chi connectivity index (χ2n) is 5.53. The highest BCUT2D eigenvalue weighted by molar-refractivity contribution is 7.46. The molecule has 0 spiro atoms. The summed E-state index contributed by atoms with van der Waals surface area (Å²) >= 11 is 0. The summed E-state index contributed by atoms with van der Waals surface area (Å²) < 4.78 is 64.8. The van der Waals surface area contributed by atoms with Crippen LogP contribution in [0.4, 0.5) is 13.2 Å². The van der Waals surface area contributed by atoms with Gasteiger partial charge >= 0.3 is 19.9 Å². The van der Waals surface area contributed by atoms with Gasteiger partial charge in [-0.2, -0.15) is 13.2 Å². The summed E-state index contributed by atoms with van der Waals surface area (Å²) in [5.41, 5.74) is 0. The van der Waals surface area contributed by atoms with Gasteiger partial charge in [0.1, 0.15) is 0 Å². The Kier molecular flexibility index (Phi) is 19.8. The van der Waals surface area contributed by atoms with Crippen LogP contribution in [0.25, 0.3) is 0 Å². The SMILES string of the molecule is CCN(CC)CC.O=C(NCCOCCOCCOCCOP(=O)(O)O)C(F)(F)F. The Morgan fingerprint density at radius 1 is 0.867 bits per heavy atom. The number of alkyl halides is 3. The molecule has 0 bridgehead atoms. The number of rotatable bonds is 16. The summed E-state index contributed by atoms with van der Waals surface area (Å²) in [6, 6.07) is 0. The summed E-state index contributed by atoms with van der Waals surface area (Å²) in [5, 5.41) is 1.65. The number of ether oxygens (including phenoxy) is 3. The van der Waals surface area contributed by atoms with E-state index >= 15 is 0 Å². The van der Waals surface area contributed by atoms with Crippen molar-refractivity contribution >= 4 is 13.7 Å². The molecule has 0 rings (SSSR count). The molecule has 0 radical (unpaired) electrons. The van der Waals surface area contributed by atoms with Crippen molar-refractivity contribution in [2.24, 2.45) is 0 Å². The van der Waals surface area contributed by atoms with E-state index in [4.69, 9.17) is 24.0 Å². The molecule has 14 heteroatoms. The summed E-state index contributed by atoms with van der Waals surface area (Å²) in [7, 11) is -4.48. The Hall–Kier alpha value is -0.790. The first-order valence-electron chi connectivity index (χ1n) is 9.48. The molecule has 0 aliphatic heterocycles. The maximum absolute atomic E-state index is 11.8. The minimum atomic E-state index is -4.90. The fourth-order valence-electron chi connectivity index (χ4n) is 1.76. The van der Waals surface area contributed by atoms with Crippen LogP contribution in [0.3, 0.4) is 0 Å². The third-order valence-electron chi connectivity index (χ3n) is 3.36. The van der Waals surface area contributed by atoms with E-state index in [1.165, 1.54) is 19.6 Å². The number of nitrogens with one attached hydrogen (secondary N) is 1. The monoisotopic (exact) mass is 470 g/mol. The third kappa shape index (κ3) is 23.5. The molecule has 10 nitrogen and oxygen atoms in total. The minimum absolute atomic E-state index is 0.0100. The van der Waals surface area contributed by atoms with Gasteiger partial charge in [0.25, 0.3) is 0 Å². The molecule has 0 aliphatic rings. The largest absolute Gasteiger partial charge is 0.471 e. The van der Waals surface area contributed by atoms with Crippen LogP contribution < -0.4 is 5.32 Å². The quantitative estimate of drug-likeness (QED) is 0.225. The van der Waals surface area contributed by atoms with Gasteiger partial charge in [-0.3, -0.25) is 9.32 Å². The molecule has 0 heterocycles. The number of nitrogens with zero attached hydrogens (tertiary/aromatic N) is 1. The number of phosphoric ester groups is 1. The highest BCUT2D eigenvalue weighted by atomic mass is 31.2. The summed E-state index contributed by atoms with van der Waals surface area (Å²) in [5.74, 6) is -2.02. The van der Waals surface area contributed by atoms with E-state index < -0.39 is 19.9 Å². The lowest BCUT2D eigenvalue weighted by molar-refractivity contribution is -0.173. The van der Waals surface area contributed by atoms with E-state index in [-0.39, 0.29) is 52.8 Å². The fourth-order valence-corrected chi connectivity index (χ4v) is 2.08. The van der Waals surface area contributed by atoms with Crippen molar-refractivity contribution in [1.29, 1.82) is 0 Å². The van der Waals surface area contributed by atoms with E-state index in [0.717, 1.165) is 0 Å². The van der Waals surface area contributed by atoms with Gasteiger partial charge in [0, 0.05) is 6.54 Å². The summed E-state index contributed by atoms with van der Waals surface area (Å²) in [6.07, 6.45) is -4.90. The number of carbonyl (C=O) groups is 1. The number of hydrogen-bond acceptors (Lipinski definition) is 7. The van der Waals surface area contributed by atoms with Crippen molar-refractivity contribution in [3.63, 3.8) is 0 Å². The number of hydrogen-bond donors (Lipinski definition) is 3. The zero-order chi connectivity index (χ0) is 23.5. The van der Waals surface area contributed by atoms with Gasteiger partial charge in [0.2, 0.25) is 0 Å². The highest BCUT2D eigenvalue weighted by Crippen LogP contribution is 2.35. The van der Waals surface area contributed by atoms with Crippen LogP contribution in [0, 0.1) is 0 Å². The molecule has 0 aromatic heterocycles. The Balaban J connectivity index is 0. The molecule has 0 atom stereocenters. The Morgan fingerprint density at radius 3 is 1.60 bits per heavy atom. The lowest BCUT2D eigenvalue weighted by Gasteiger charge is -2.13. The molecule has 0 fully saturated rings. The second-order valence-corrected chi connectivity index (χ2v) is 6.77. The van der Waals surface area contributed by atoms with Gasteiger partial charge in [-0.25, -0.2) is 4.57 Å². The Morgan fingerprint density at radius 2 is 1.27 bits per heavy atom. The third-order valence-corrected chi connectivity index (χ3v) is 3.88. The molecule has 3 N–H and O–H groups in total. The normalized spacial score (nSPS) is 11.9. The second kappa shape index (κ2) is 18.9. The van der Waals surface area contributed by atoms with Crippen molar-refractivity contribution in [3.8, 4) is 0 Å². The van der Waals surface area contributed by atoms with E-state index in [1.54, 1.807) is 5.32 Å². The summed E-state index contributed by atoms with van der Waals surface area (Å²) in [6.45, 7) is 10.2. The Labute approximate surface area is 175 Å².